The molecule has 0 aliphatic carbocycles. The zero-order valence-corrected chi connectivity index (χ0v) is 11.4. The van der Waals surface area contributed by atoms with E-state index >= 15 is 0 Å². The van der Waals surface area contributed by atoms with Crippen LogP contribution in [0, 0.1) is 0 Å². The van der Waals surface area contributed by atoms with Crippen LogP contribution in [0.25, 0.3) is 0 Å². The van der Waals surface area contributed by atoms with Crippen molar-refractivity contribution in [3.63, 3.8) is 0 Å². The largest absolute Gasteiger partial charge is 0.478 e. The molecule has 6 heteroatoms. The van der Waals surface area contributed by atoms with Crippen molar-refractivity contribution in [3.8, 4) is 0 Å². The first-order valence-electron chi connectivity index (χ1n) is 5.45. The van der Waals surface area contributed by atoms with E-state index in [1.807, 2.05) is 0 Å². The topological polar surface area (TPSA) is 83.5 Å². The summed E-state index contributed by atoms with van der Waals surface area (Å²) >= 11 is 0. The lowest BCUT2D eigenvalue weighted by Crippen LogP contribution is -2.38. The average Bonchev–Trinajstić information content (AvgIpc) is 2.25. The second-order valence-electron chi connectivity index (χ2n) is 4.94. The third-order valence-corrected chi connectivity index (χ3v) is 4.61. The van der Waals surface area contributed by atoms with Gasteiger partial charge in [0, 0.05) is 6.54 Å². The van der Waals surface area contributed by atoms with Gasteiger partial charge in [-0.3, -0.25) is 0 Å². The van der Waals surface area contributed by atoms with E-state index in [0.717, 1.165) is 0 Å². The van der Waals surface area contributed by atoms with Gasteiger partial charge >= 0.3 is 5.97 Å². The van der Waals surface area contributed by atoms with Crippen molar-refractivity contribution in [2.75, 3.05) is 0 Å². The summed E-state index contributed by atoms with van der Waals surface area (Å²) in [5.41, 5.74) is 0.894. The Kier molecular flexibility index (Phi) is 4.13. The van der Waals surface area contributed by atoms with Crippen LogP contribution in [0.2, 0.25) is 0 Å². The zero-order valence-electron chi connectivity index (χ0n) is 10.6. The van der Waals surface area contributed by atoms with Crippen LogP contribution in [0.5, 0.6) is 0 Å². The summed E-state index contributed by atoms with van der Waals surface area (Å²) in [6.45, 7) is 4.99. The number of rotatable bonds is 4. The summed E-state index contributed by atoms with van der Waals surface area (Å²) in [6.07, 6.45) is 0. The molecule has 0 bridgehead atoms. The van der Waals surface area contributed by atoms with E-state index in [1.54, 1.807) is 32.9 Å². The fourth-order valence-corrected chi connectivity index (χ4v) is 1.95. The van der Waals surface area contributed by atoms with Gasteiger partial charge in [-0.2, -0.15) is 0 Å². The van der Waals surface area contributed by atoms with E-state index in [-0.39, 0.29) is 12.1 Å². The van der Waals surface area contributed by atoms with E-state index in [4.69, 9.17) is 5.11 Å². The third-order valence-electron chi connectivity index (χ3n) is 2.47. The summed E-state index contributed by atoms with van der Waals surface area (Å²) in [7, 11) is -3.39. The molecule has 0 heterocycles. The molecule has 0 aliphatic heterocycles. The molecule has 0 unspecified atom stereocenters. The van der Waals surface area contributed by atoms with Gasteiger partial charge in [-0.15, -0.1) is 0 Å². The van der Waals surface area contributed by atoms with Gasteiger partial charge < -0.3 is 5.11 Å². The Morgan fingerprint density at radius 1 is 1.22 bits per heavy atom. The number of hydrogen-bond donors (Lipinski definition) is 2. The van der Waals surface area contributed by atoms with Gasteiger partial charge in [-0.05, 0) is 38.5 Å². The molecule has 0 atom stereocenters. The van der Waals surface area contributed by atoms with Crippen LogP contribution < -0.4 is 4.72 Å². The van der Waals surface area contributed by atoms with Crippen molar-refractivity contribution in [2.45, 2.75) is 32.1 Å². The molecular formula is C12H17NO4S. The molecule has 0 aromatic heterocycles. The number of benzene rings is 1. The molecule has 0 saturated heterocycles. The normalized spacial score (nSPS) is 12.4. The van der Waals surface area contributed by atoms with E-state index in [9.17, 15) is 13.2 Å². The number of carboxylic acid groups (broad SMARTS) is 1. The van der Waals surface area contributed by atoms with Crippen molar-refractivity contribution in [3.05, 3.63) is 35.4 Å². The molecule has 0 spiro atoms. The number of nitrogens with one attached hydrogen (secondary N) is 1. The first-order valence-corrected chi connectivity index (χ1v) is 6.93. The summed E-state index contributed by atoms with van der Waals surface area (Å²) in [5.74, 6) is -1.00. The predicted octanol–water partition coefficient (Wildman–Crippen LogP) is 1.60. The summed E-state index contributed by atoms with van der Waals surface area (Å²) in [4.78, 5) is 10.6. The van der Waals surface area contributed by atoms with E-state index in [1.165, 1.54) is 12.1 Å². The number of sulfonamides is 1. The van der Waals surface area contributed by atoms with Gasteiger partial charge in [0.25, 0.3) is 0 Å². The minimum atomic E-state index is -3.39. The first kappa shape index (κ1) is 14.7. The van der Waals surface area contributed by atoms with Gasteiger partial charge in [-0.1, -0.05) is 12.1 Å². The fraction of sp³-hybridized carbons (Fsp3) is 0.417. The standard InChI is InChI=1S/C12H17NO4S/c1-12(2,3)18(16,17)13-8-9-4-6-10(7-5-9)11(14)15/h4-7,13H,8H2,1-3H3,(H,14,15). The molecule has 100 valence electrons. The van der Waals surface area contributed by atoms with Gasteiger partial charge in [0.05, 0.1) is 10.3 Å². The Bertz CT molecular complexity index is 526. The van der Waals surface area contributed by atoms with Crippen LogP contribution in [-0.4, -0.2) is 24.2 Å². The molecule has 5 nitrogen and oxygen atoms in total. The predicted molar refractivity (Wildman–Crippen MR) is 68.9 cm³/mol. The maximum Gasteiger partial charge on any atom is 0.335 e. The number of aromatic carboxylic acids is 1. The van der Waals surface area contributed by atoms with Crippen molar-refractivity contribution in [2.24, 2.45) is 0 Å². The second kappa shape index (κ2) is 5.07. The minimum absolute atomic E-state index is 0.152. The molecule has 0 saturated carbocycles. The SMILES string of the molecule is CC(C)(C)S(=O)(=O)NCc1ccc(C(=O)O)cc1. The lowest BCUT2D eigenvalue weighted by atomic mass is 10.1. The Balaban J connectivity index is 2.74. The van der Waals surface area contributed by atoms with Gasteiger partial charge in [0.1, 0.15) is 0 Å². The molecule has 1 aromatic rings. The van der Waals surface area contributed by atoms with E-state index < -0.39 is 20.7 Å². The highest BCUT2D eigenvalue weighted by Crippen LogP contribution is 2.14. The number of carboxylic acids is 1. The van der Waals surface area contributed by atoms with Crippen LogP contribution in [0.3, 0.4) is 0 Å². The maximum absolute atomic E-state index is 11.8. The number of carbonyl (C=O) groups is 1. The Morgan fingerprint density at radius 3 is 2.11 bits per heavy atom. The lowest BCUT2D eigenvalue weighted by molar-refractivity contribution is 0.0697. The Morgan fingerprint density at radius 2 is 1.72 bits per heavy atom. The molecule has 1 rings (SSSR count). The molecule has 0 radical (unpaired) electrons. The number of hydrogen-bond acceptors (Lipinski definition) is 3. The quantitative estimate of drug-likeness (QED) is 0.871. The molecule has 1 aromatic carbocycles. The van der Waals surface area contributed by atoms with Crippen LogP contribution in [0.15, 0.2) is 24.3 Å². The Hall–Kier alpha value is -1.40. The average molecular weight is 271 g/mol. The molecule has 2 N–H and O–H groups in total. The molecular weight excluding hydrogens is 254 g/mol. The summed E-state index contributed by atoms with van der Waals surface area (Å²) < 4.78 is 25.2. The first-order chi connectivity index (χ1) is 8.13. The monoisotopic (exact) mass is 271 g/mol. The van der Waals surface area contributed by atoms with Gasteiger partial charge in [0.2, 0.25) is 10.0 Å². The van der Waals surface area contributed by atoms with Crippen molar-refractivity contribution in [1.82, 2.24) is 4.72 Å². The van der Waals surface area contributed by atoms with Crippen LogP contribution in [0.4, 0.5) is 0 Å². The van der Waals surface area contributed by atoms with Gasteiger partial charge in [0.15, 0.2) is 0 Å². The minimum Gasteiger partial charge on any atom is -0.478 e. The highest BCUT2D eigenvalue weighted by Gasteiger charge is 2.28. The summed E-state index contributed by atoms with van der Waals surface area (Å²) in [5, 5.41) is 8.73. The second-order valence-corrected chi connectivity index (χ2v) is 7.46. The van der Waals surface area contributed by atoms with Crippen LogP contribution in [0.1, 0.15) is 36.7 Å². The van der Waals surface area contributed by atoms with E-state index in [0.29, 0.717) is 5.56 Å². The highest BCUT2D eigenvalue weighted by atomic mass is 32.2. The van der Waals surface area contributed by atoms with Crippen molar-refractivity contribution >= 4 is 16.0 Å². The molecule has 0 aliphatic rings. The van der Waals surface area contributed by atoms with Gasteiger partial charge in [-0.25, -0.2) is 17.9 Å². The summed E-state index contributed by atoms with van der Waals surface area (Å²) in [6, 6.07) is 6.08. The Labute approximate surface area is 107 Å². The highest BCUT2D eigenvalue weighted by molar-refractivity contribution is 7.90. The molecule has 18 heavy (non-hydrogen) atoms. The molecule has 0 amide bonds. The third kappa shape index (κ3) is 3.54. The zero-order chi connectivity index (χ0) is 14.0. The van der Waals surface area contributed by atoms with Crippen LogP contribution >= 0.6 is 0 Å². The molecule has 0 fully saturated rings. The fourth-order valence-electron chi connectivity index (χ4n) is 1.16. The smallest absolute Gasteiger partial charge is 0.335 e. The van der Waals surface area contributed by atoms with E-state index in [2.05, 4.69) is 4.72 Å². The van der Waals surface area contributed by atoms with Crippen molar-refractivity contribution in [1.29, 1.82) is 0 Å². The maximum atomic E-state index is 11.8. The van der Waals surface area contributed by atoms with Crippen LogP contribution in [-0.2, 0) is 16.6 Å². The van der Waals surface area contributed by atoms with Crippen molar-refractivity contribution < 1.29 is 18.3 Å². The lowest BCUT2D eigenvalue weighted by Gasteiger charge is -2.19.